The van der Waals surface area contributed by atoms with Crippen molar-refractivity contribution in [1.82, 2.24) is 5.32 Å². The van der Waals surface area contributed by atoms with Crippen LogP contribution in [0.15, 0.2) is 0 Å². The first-order valence-corrected chi connectivity index (χ1v) is 5.95. The summed E-state index contributed by atoms with van der Waals surface area (Å²) >= 11 is 5.54. The summed E-state index contributed by atoms with van der Waals surface area (Å²) in [5.74, 6) is 0.729. The number of amides is 1. The Labute approximate surface area is 91.4 Å². The molecule has 82 valence electrons. The first-order valence-electron chi connectivity index (χ1n) is 5.41. The first-order chi connectivity index (χ1) is 6.56. The molecule has 0 heterocycles. The van der Waals surface area contributed by atoms with Gasteiger partial charge >= 0.3 is 0 Å². The fourth-order valence-corrected chi connectivity index (χ4v) is 2.22. The van der Waals surface area contributed by atoms with Crippen LogP contribution in [0.1, 0.15) is 46.0 Å². The van der Waals surface area contributed by atoms with E-state index in [1.807, 2.05) is 0 Å². The van der Waals surface area contributed by atoms with Crippen molar-refractivity contribution in [3.63, 3.8) is 0 Å². The summed E-state index contributed by atoms with van der Waals surface area (Å²) in [6, 6.07) is 0.366. The number of hydrogen-bond acceptors (Lipinski definition) is 1. The summed E-state index contributed by atoms with van der Waals surface area (Å²) < 4.78 is 0. The molecular formula is C11H20ClNO. The molecule has 0 radical (unpaired) electrons. The van der Waals surface area contributed by atoms with Crippen molar-refractivity contribution >= 4 is 17.5 Å². The van der Waals surface area contributed by atoms with E-state index in [1.165, 1.54) is 12.8 Å². The summed E-state index contributed by atoms with van der Waals surface area (Å²) in [6.07, 6.45) is 4.91. The third-order valence-electron chi connectivity index (χ3n) is 3.13. The Morgan fingerprint density at radius 1 is 1.57 bits per heavy atom. The molecule has 1 atom stereocenters. The molecule has 0 aromatic heterocycles. The quantitative estimate of drug-likeness (QED) is 0.721. The van der Waals surface area contributed by atoms with Crippen molar-refractivity contribution in [3.05, 3.63) is 0 Å². The van der Waals surface area contributed by atoms with E-state index in [4.69, 9.17) is 11.6 Å². The second kappa shape index (κ2) is 5.01. The minimum Gasteiger partial charge on any atom is -0.353 e. The molecule has 1 rings (SSSR count). The van der Waals surface area contributed by atoms with Crippen LogP contribution in [0.2, 0.25) is 0 Å². The van der Waals surface area contributed by atoms with Crippen LogP contribution in [0.5, 0.6) is 0 Å². The van der Waals surface area contributed by atoms with Gasteiger partial charge in [0.05, 0.1) is 0 Å². The van der Waals surface area contributed by atoms with Crippen molar-refractivity contribution < 1.29 is 4.79 Å². The molecule has 0 bridgehead atoms. The summed E-state index contributed by atoms with van der Waals surface area (Å²) in [5, 5.41) is 3.11. The van der Waals surface area contributed by atoms with Crippen LogP contribution in [-0.2, 0) is 4.79 Å². The number of nitrogens with one attached hydrogen (secondary N) is 1. The van der Waals surface area contributed by atoms with Crippen molar-refractivity contribution in [2.24, 2.45) is 5.41 Å². The second-order valence-corrected chi connectivity index (χ2v) is 5.17. The lowest BCUT2D eigenvalue weighted by atomic mass is 9.87. The van der Waals surface area contributed by atoms with Crippen molar-refractivity contribution in [3.8, 4) is 0 Å². The molecule has 14 heavy (non-hydrogen) atoms. The Hall–Kier alpha value is -0.240. The Bertz CT molecular complexity index is 203. The van der Waals surface area contributed by atoms with E-state index in [9.17, 15) is 4.79 Å². The lowest BCUT2D eigenvalue weighted by Crippen LogP contribution is -2.41. The third-order valence-corrected chi connectivity index (χ3v) is 3.40. The number of carbonyl (C=O) groups is 1. The molecule has 3 heteroatoms. The fraction of sp³-hybridized carbons (Fsp3) is 0.909. The molecule has 1 fully saturated rings. The van der Waals surface area contributed by atoms with Crippen LogP contribution < -0.4 is 5.32 Å². The van der Waals surface area contributed by atoms with Gasteiger partial charge in [0.1, 0.15) is 0 Å². The SMILES string of the molecule is CC1(C)CCCC1NC(=O)CCCCl. The zero-order chi connectivity index (χ0) is 10.6. The van der Waals surface area contributed by atoms with Crippen molar-refractivity contribution in [2.45, 2.75) is 52.0 Å². The molecule has 0 aromatic rings. The van der Waals surface area contributed by atoms with Gasteiger partial charge in [-0.05, 0) is 24.7 Å². The van der Waals surface area contributed by atoms with Gasteiger partial charge in [-0.15, -0.1) is 11.6 Å². The summed E-state index contributed by atoms with van der Waals surface area (Å²) in [6.45, 7) is 4.46. The van der Waals surface area contributed by atoms with Crippen molar-refractivity contribution in [1.29, 1.82) is 0 Å². The maximum absolute atomic E-state index is 11.5. The summed E-state index contributed by atoms with van der Waals surface area (Å²) in [7, 11) is 0. The van der Waals surface area contributed by atoms with Gasteiger partial charge in [0.2, 0.25) is 5.91 Å². The molecule has 1 aliphatic carbocycles. The van der Waals surface area contributed by atoms with Crippen molar-refractivity contribution in [2.75, 3.05) is 5.88 Å². The molecule has 2 nitrogen and oxygen atoms in total. The minimum atomic E-state index is 0.158. The normalized spacial score (nSPS) is 24.9. The highest BCUT2D eigenvalue weighted by Gasteiger charge is 2.34. The zero-order valence-electron chi connectivity index (χ0n) is 9.11. The van der Waals surface area contributed by atoms with E-state index in [0.29, 0.717) is 18.3 Å². The maximum Gasteiger partial charge on any atom is 0.220 e. The van der Waals surface area contributed by atoms with Crippen LogP contribution in [0, 0.1) is 5.41 Å². The van der Waals surface area contributed by atoms with Crippen LogP contribution >= 0.6 is 11.6 Å². The summed E-state index contributed by atoms with van der Waals surface area (Å²) in [5.41, 5.74) is 0.274. The van der Waals surface area contributed by atoms with Crippen LogP contribution in [0.3, 0.4) is 0 Å². The Kier molecular flexibility index (Phi) is 4.24. The lowest BCUT2D eigenvalue weighted by molar-refractivity contribution is -0.122. The topological polar surface area (TPSA) is 29.1 Å². The van der Waals surface area contributed by atoms with Gasteiger partial charge in [-0.2, -0.15) is 0 Å². The number of rotatable bonds is 4. The molecular weight excluding hydrogens is 198 g/mol. The fourth-order valence-electron chi connectivity index (χ4n) is 2.09. The molecule has 1 amide bonds. The van der Waals surface area contributed by atoms with E-state index in [0.717, 1.165) is 12.8 Å². The highest BCUT2D eigenvalue weighted by atomic mass is 35.5. The largest absolute Gasteiger partial charge is 0.353 e. The van der Waals surface area contributed by atoms with Gasteiger partial charge in [0.15, 0.2) is 0 Å². The van der Waals surface area contributed by atoms with Gasteiger partial charge in [-0.25, -0.2) is 0 Å². The maximum atomic E-state index is 11.5. The highest BCUT2D eigenvalue weighted by Crippen LogP contribution is 2.37. The zero-order valence-corrected chi connectivity index (χ0v) is 9.86. The van der Waals surface area contributed by atoms with E-state index in [1.54, 1.807) is 0 Å². The Balaban J connectivity index is 2.33. The van der Waals surface area contributed by atoms with Gasteiger partial charge in [0.25, 0.3) is 0 Å². The average molecular weight is 218 g/mol. The first kappa shape index (κ1) is 11.8. The molecule has 1 N–H and O–H groups in total. The number of hydrogen-bond donors (Lipinski definition) is 1. The minimum absolute atomic E-state index is 0.158. The van der Waals surface area contributed by atoms with E-state index < -0.39 is 0 Å². The molecule has 0 spiro atoms. The number of alkyl halides is 1. The van der Waals surface area contributed by atoms with E-state index >= 15 is 0 Å². The lowest BCUT2D eigenvalue weighted by Gasteiger charge is -2.27. The van der Waals surface area contributed by atoms with Gasteiger partial charge in [0, 0.05) is 18.3 Å². The van der Waals surface area contributed by atoms with Crippen LogP contribution in [-0.4, -0.2) is 17.8 Å². The highest BCUT2D eigenvalue weighted by molar-refractivity contribution is 6.17. The van der Waals surface area contributed by atoms with E-state index in [-0.39, 0.29) is 11.3 Å². The monoisotopic (exact) mass is 217 g/mol. The Morgan fingerprint density at radius 3 is 2.79 bits per heavy atom. The van der Waals surface area contributed by atoms with E-state index in [2.05, 4.69) is 19.2 Å². The predicted molar refractivity (Wildman–Crippen MR) is 59.5 cm³/mol. The van der Waals surface area contributed by atoms with Gasteiger partial charge in [-0.3, -0.25) is 4.79 Å². The van der Waals surface area contributed by atoms with Crippen LogP contribution in [0.25, 0.3) is 0 Å². The molecule has 1 unspecified atom stereocenters. The molecule has 1 saturated carbocycles. The number of halogens is 1. The van der Waals surface area contributed by atoms with Gasteiger partial charge < -0.3 is 5.32 Å². The molecule has 1 aliphatic rings. The predicted octanol–water partition coefficient (Wildman–Crippen LogP) is 2.70. The standard InChI is InChI=1S/C11H20ClNO/c1-11(2)7-3-5-9(11)13-10(14)6-4-8-12/h9H,3-8H2,1-2H3,(H,13,14). The van der Waals surface area contributed by atoms with Gasteiger partial charge in [-0.1, -0.05) is 20.3 Å². The molecule has 0 saturated heterocycles. The molecule has 0 aliphatic heterocycles. The second-order valence-electron chi connectivity index (χ2n) is 4.79. The average Bonchev–Trinajstić information content (AvgIpc) is 2.43. The smallest absolute Gasteiger partial charge is 0.220 e. The summed E-state index contributed by atoms with van der Waals surface area (Å²) in [4.78, 5) is 11.5. The number of carbonyl (C=O) groups excluding carboxylic acids is 1. The van der Waals surface area contributed by atoms with Crippen LogP contribution in [0.4, 0.5) is 0 Å². The third kappa shape index (κ3) is 3.16. The molecule has 0 aromatic carbocycles. The Morgan fingerprint density at radius 2 is 2.29 bits per heavy atom.